The van der Waals surface area contributed by atoms with Gasteiger partial charge in [0.15, 0.2) is 0 Å². The summed E-state index contributed by atoms with van der Waals surface area (Å²) < 4.78 is 8.68. The number of hydrogen-bond acceptors (Lipinski definition) is 2. The molecular weight excluding hydrogens is 741 g/mol. The van der Waals surface area contributed by atoms with Crippen molar-refractivity contribution in [3.63, 3.8) is 0 Å². The third-order valence-corrected chi connectivity index (χ3v) is 12.2. The molecule has 0 radical (unpaired) electrons. The maximum atomic E-state index is 6.30. The van der Waals surface area contributed by atoms with Crippen LogP contribution in [0.4, 0.5) is 17.1 Å². The van der Waals surface area contributed by atoms with Gasteiger partial charge in [-0.15, -0.1) is 0 Å². The minimum atomic E-state index is 0.894. The number of rotatable bonds is 7. The van der Waals surface area contributed by atoms with Crippen LogP contribution in [0.5, 0.6) is 0 Å². The molecule has 12 aromatic rings. The molecule has 0 aliphatic carbocycles. The Morgan fingerprint density at radius 1 is 0.344 bits per heavy atom. The Morgan fingerprint density at radius 3 is 1.72 bits per heavy atom. The van der Waals surface area contributed by atoms with E-state index < -0.39 is 0 Å². The van der Waals surface area contributed by atoms with Crippen LogP contribution in [0.2, 0.25) is 0 Å². The molecule has 0 bridgehead atoms. The van der Waals surface area contributed by atoms with Gasteiger partial charge in [-0.05, 0) is 112 Å². The van der Waals surface area contributed by atoms with Gasteiger partial charge in [0.05, 0.1) is 16.7 Å². The van der Waals surface area contributed by atoms with Crippen molar-refractivity contribution in [3.8, 4) is 39.1 Å². The highest BCUT2D eigenvalue weighted by molar-refractivity contribution is 6.13. The second-order valence-electron chi connectivity index (χ2n) is 15.7. The van der Waals surface area contributed by atoms with Crippen molar-refractivity contribution in [1.29, 1.82) is 0 Å². The summed E-state index contributed by atoms with van der Waals surface area (Å²) >= 11 is 0. The molecule has 0 aliphatic rings. The minimum Gasteiger partial charge on any atom is -0.456 e. The average Bonchev–Trinajstić information content (AvgIpc) is 3.88. The van der Waals surface area contributed by atoms with Crippen molar-refractivity contribution in [2.45, 2.75) is 0 Å². The third kappa shape index (κ3) is 5.90. The van der Waals surface area contributed by atoms with E-state index in [1.807, 2.05) is 12.1 Å². The van der Waals surface area contributed by atoms with E-state index in [9.17, 15) is 0 Å². The molecule has 61 heavy (non-hydrogen) atoms. The normalized spacial score (nSPS) is 11.6. The van der Waals surface area contributed by atoms with E-state index >= 15 is 0 Å². The van der Waals surface area contributed by atoms with E-state index in [1.165, 1.54) is 49.3 Å². The van der Waals surface area contributed by atoms with Crippen molar-refractivity contribution in [3.05, 3.63) is 231 Å². The molecule has 286 valence electrons. The topological polar surface area (TPSA) is 21.3 Å². The summed E-state index contributed by atoms with van der Waals surface area (Å²) in [6.07, 6.45) is 0. The SMILES string of the molecule is c1cc(-c2ccc(N(c3cccc(-c4cccc5oc6ccccc6c45)c3)c3cccc4ccccc34)cc2)cc(-c2cccc(-n3c4ccccc4c4ccccc43)c2)c1. The second-order valence-corrected chi connectivity index (χ2v) is 15.7. The zero-order valence-corrected chi connectivity index (χ0v) is 33.2. The van der Waals surface area contributed by atoms with Crippen LogP contribution in [0.3, 0.4) is 0 Å². The van der Waals surface area contributed by atoms with Gasteiger partial charge in [-0.2, -0.15) is 0 Å². The van der Waals surface area contributed by atoms with Gasteiger partial charge in [0.25, 0.3) is 0 Å². The van der Waals surface area contributed by atoms with Crippen LogP contribution in [0, 0.1) is 0 Å². The van der Waals surface area contributed by atoms with Gasteiger partial charge < -0.3 is 13.9 Å². The lowest BCUT2D eigenvalue weighted by Gasteiger charge is -2.27. The summed E-state index contributed by atoms with van der Waals surface area (Å²) in [6, 6.07) is 82.9. The van der Waals surface area contributed by atoms with Gasteiger partial charge in [-0.3, -0.25) is 0 Å². The second kappa shape index (κ2) is 14.3. The molecule has 10 aromatic carbocycles. The minimum absolute atomic E-state index is 0.894. The van der Waals surface area contributed by atoms with E-state index in [4.69, 9.17) is 4.42 Å². The first-order valence-electron chi connectivity index (χ1n) is 20.8. The Labute approximate surface area is 353 Å². The number of nitrogens with zero attached hydrogens (tertiary/aromatic N) is 2. The molecule has 0 unspecified atom stereocenters. The summed E-state index contributed by atoms with van der Waals surface area (Å²) in [4.78, 5) is 2.39. The molecule has 12 rings (SSSR count). The monoisotopic (exact) mass is 778 g/mol. The lowest BCUT2D eigenvalue weighted by Crippen LogP contribution is -2.10. The number of furan rings is 1. The largest absolute Gasteiger partial charge is 0.456 e. The van der Waals surface area contributed by atoms with Crippen molar-refractivity contribution in [2.75, 3.05) is 4.90 Å². The fourth-order valence-corrected chi connectivity index (χ4v) is 9.36. The zero-order chi connectivity index (χ0) is 40.3. The van der Waals surface area contributed by atoms with Crippen LogP contribution >= 0.6 is 0 Å². The molecular formula is C58H38N2O. The highest BCUT2D eigenvalue weighted by atomic mass is 16.3. The molecule has 0 amide bonds. The fourth-order valence-electron chi connectivity index (χ4n) is 9.36. The number of benzene rings is 10. The van der Waals surface area contributed by atoms with Crippen LogP contribution in [0.25, 0.3) is 93.6 Å². The molecule has 0 N–H and O–H groups in total. The van der Waals surface area contributed by atoms with E-state index in [0.717, 1.165) is 61.4 Å². The predicted octanol–water partition coefficient (Wildman–Crippen LogP) is 16.3. The lowest BCUT2D eigenvalue weighted by atomic mass is 9.97. The Balaban J connectivity index is 0.935. The van der Waals surface area contributed by atoms with Crippen LogP contribution in [0.15, 0.2) is 235 Å². The molecule has 3 nitrogen and oxygen atoms in total. The van der Waals surface area contributed by atoms with Crippen LogP contribution < -0.4 is 4.90 Å². The average molecular weight is 779 g/mol. The molecule has 0 fully saturated rings. The quantitative estimate of drug-likeness (QED) is 0.161. The van der Waals surface area contributed by atoms with Crippen molar-refractivity contribution >= 4 is 71.6 Å². The van der Waals surface area contributed by atoms with E-state index in [2.05, 4.69) is 228 Å². The third-order valence-electron chi connectivity index (χ3n) is 12.2. The summed E-state index contributed by atoms with van der Waals surface area (Å²) in [5.74, 6) is 0. The zero-order valence-electron chi connectivity index (χ0n) is 33.2. The Hall–Kier alpha value is -8.14. The number of anilines is 3. The first-order chi connectivity index (χ1) is 30.2. The molecule has 2 aromatic heterocycles. The van der Waals surface area contributed by atoms with E-state index in [1.54, 1.807) is 0 Å². The van der Waals surface area contributed by atoms with Gasteiger partial charge in [0, 0.05) is 44.0 Å². The fraction of sp³-hybridized carbons (Fsp3) is 0. The first kappa shape index (κ1) is 34.9. The Morgan fingerprint density at radius 2 is 0.918 bits per heavy atom. The lowest BCUT2D eigenvalue weighted by molar-refractivity contribution is 0.669. The number of hydrogen-bond donors (Lipinski definition) is 0. The van der Waals surface area contributed by atoms with Gasteiger partial charge in [-0.1, -0.05) is 158 Å². The van der Waals surface area contributed by atoms with Gasteiger partial charge in [-0.25, -0.2) is 0 Å². The van der Waals surface area contributed by atoms with Gasteiger partial charge >= 0.3 is 0 Å². The molecule has 0 aliphatic heterocycles. The molecule has 0 spiro atoms. The molecule has 0 saturated heterocycles. The van der Waals surface area contributed by atoms with Crippen molar-refractivity contribution in [1.82, 2.24) is 4.57 Å². The van der Waals surface area contributed by atoms with Crippen LogP contribution in [-0.4, -0.2) is 4.57 Å². The van der Waals surface area contributed by atoms with Crippen molar-refractivity contribution < 1.29 is 4.42 Å². The summed E-state index contributed by atoms with van der Waals surface area (Å²) in [7, 11) is 0. The standard InChI is InChI=1S/C58H38N2O/c1-2-22-48-40(14-1)15-12-29-53(48)59(46-20-11-19-44(38-46)49-26-13-31-57-58(49)52-25-5-8-30-56(52)61-57)45-34-32-39(33-35-45)41-16-9-17-42(36-41)43-18-10-21-47(37-43)60-54-27-6-3-23-50(54)51-24-4-7-28-55(51)60/h1-38H. The van der Waals surface area contributed by atoms with E-state index in [0.29, 0.717) is 0 Å². The number of aromatic nitrogens is 1. The molecule has 0 atom stereocenters. The molecule has 2 heterocycles. The summed E-state index contributed by atoms with van der Waals surface area (Å²) in [6.45, 7) is 0. The van der Waals surface area contributed by atoms with Crippen LogP contribution in [0.1, 0.15) is 0 Å². The Bertz CT molecular complexity index is 3550. The summed E-state index contributed by atoms with van der Waals surface area (Å²) in [5, 5.41) is 7.18. The summed E-state index contributed by atoms with van der Waals surface area (Å²) in [5.41, 5.74) is 15.6. The van der Waals surface area contributed by atoms with Gasteiger partial charge in [0.2, 0.25) is 0 Å². The maximum absolute atomic E-state index is 6.30. The first-order valence-corrected chi connectivity index (χ1v) is 20.8. The van der Waals surface area contributed by atoms with Crippen LogP contribution in [-0.2, 0) is 0 Å². The highest BCUT2D eigenvalue weighted by Gasteiger charge is 2.19. The molecule has 0 saturated carbocycles. The Kier molecular flexibility index (Phi) is 8.17. The maximum Gasteiger partial charge on any atom is 0.136 e. The smallest absolute Gasteiger partial charge is 0.136 e. The molecule has 3 heteroatoms. The van der Waals surface area contributed by atoms with E-state index in [-0.39, 0.29) is 0 Å². The highest BCUT2D eigenvalue weighted by Crippen LogP contribution is 2.43. The number of fused-ring (bicyclic) bond motifs is 7. The predicted molar refractivity (Wildman–Crippen MR) is 257 cm³/mol. The van der Waals surface area contributed by atoms with Crippen molar-refractivity contribution in [2.24, 2.45) is 0 Å². The number of para-hydroxylation sites is 3. The van der Waals surface area contributed by atoms with Gasteiger partial charge in [0.1, 0.15) is 11.2 Å².